The average Bonchev–Trinajstić information content (AvgIpc) is 2.88. The number of halogens is 6. The molecule has 0 fully saturated rings. The first-order valence-corrected chi connectivity index (χ1v) is 10.9. The quantitative estimate of drug-likeness (QED) is 0.268. The minimum absolute atomic E-state index is 0.241. The van der Waals surface area contributed by atoms with Crippen LogP contribution < -0.4 is 27.0 Å². The van der Waals surface area contributed by atoms with Crippen molar-refractivity contribution in [1.29, 1.82) is 0 Å². The third-order valence-electron chi connectivity index (χ3n) is 5.52. The molecule has 0 unspecified atom stereocenters. The maximum Gasteiger partial charge on any atom is 0.417 e. The molecular formula is C24H17F6N5O4. The zero-order chi connectivity index (χ0) is 28.5. The fraction of sp³-hybridized carbons (Fsp3) is 0.167. The molecule has 9 nitrogen and oxygen atoms in total. The van der Waals surface area contributed by atoms with E-state index >= 15 is 0 Å². The first kappa shape index (κ1) is 27.2. The van der Waals surface area contributed by atoms with Crippen molar-refractivity contribution in [2.75, 3.05) is 12.4 Å². The van der Waals surface area contributed by atoms with Gasteiger partial charge in [0.15, 0.2) is 17.5 Å². The lowest BCUT2D eigenvalue weighted by Gasteiger charge is -2.16. The van der Waals surface area contributed by atoms with Crippen molar-refractivity contribution in [3.8, 4) is 5.75 Å². The SMILES string of the molecule is COc1ccc(Nc2nc(=O)n(Cc3cc(C(F)(F)F)c[nH]c3=O)c(=O)n2Cc2cc(F)c(F)c(F)c2)cc1. The predicted molar refractivity (Wildman–Crippen MR) is 126 cm³/mol. The summed E-state index contributed by atoms with van der Waals surface area (Å²) in [6, 6.07) is 7.79. The van der Waals surface area contributed by atoms with Crippen LogP contribution in [0.5, 0.6) is 5.75 Å². The number of alkyl halides is 3. The number of benzene rings is 2. The number of rotatable bonds is 7. The summed E-state index contributed by atoms with van der Waals surface area (Å²) in [4.78, 5) is 44.0. The molecule has 0 radical (unpaired) electrons. The standard InChI is InChI=1S/C24H17F6N5O4/c1-39-16-4-2-15(3-5-16)32-21-33-22(37)35(11-13-8-14(24(28,29)30)9-31-20(13)36)23(38)34(21)10-12-6-17(25)19(27)18(26)7-12/h2-9H,10-11H2,1H3,(H,31,36)(H,32,33,37). The van der Waals surface area contributed by atoms with Gasteiger partial charge in [0.05, 0.1) is 25.8 Å². The molecule has 2 heterocycles. The van der Waals surface area contributed by atoms with Crippen LogP contribution >= 0.6 is 0 Å². The van der Waals surface area contributed by atoms with Crippen LogP contribution in [0, 0.1) is 17.5 Å². The van der Waals surface area contributed by atoms with Crippen molar-refractivity contribution < 1.29 is 31.1 Å². The number of aromatic nitrogens is 4. The van der Waals surface area contributed by atoms with Crippen LogP contribution in [0.3, 0.4) is 0 Å². The Morgan fingerprint density at radius 1 is 0.949 bits per heavy atom. The monoisotopic (exact) mass is 553 g/mol. The van der Waals surface area contributed by atoms with E-state index in [1.54, 1.807) is 0 Å². The van der Waals surface area contributed by atoms with E-state index in [1.165, 1.54) is 31.4 Å². The van der Waals surface area contributed by atoms with E-state index in [4.69, 9.17) is 4.74 Å². The molecule has 4 rings (SSSR count). The van der Waals surface area contributed by atoms with Crippen LogP contribution in [-0.4, -0.2) is 26.2 Å². The number of pyridine rings is 1. The van der Waals surface area contributed by atoms with E-state index in [1.807, 2.05) is 4.98 Å². The van der Waals surface area contributed by atoms with Crippen LogP contribution in [0.4, 0.5) is 38.0 Å². The first-order valence-electron chi connectivity index (χ1n) is 10.9. The van der Waals surface area contributed by atoms with Crippen molar-refractivity contribution in [2.45, 2.75) is 19.3 Å². The molecule has 0 aliphatic rings. The van der Waals surface area contributed by atoms with Crippen LogP contribution in [0.25, 0.3) is 0 Å². The number of hydrogen-bond donors (Lipinski definition) is 2. The molecule has 0 saturated heterocycles. The molecule has 0 aliphatic heterocycles. The lowest BCUT2D eigenvalue weighted by Crippen LogP contribution is -2.43. The minimum Gasteiger partial charge on any atom is -0.497 e. The van der Waals surface area contributed by atoms with Gasteiger partial charge in [0.2, 0.25) is 5.95 Å². The van der Waals surface area contributed by atoms with Gasteiger partial charge in [-0.05, 0) is 48.0 Å². The summed E-state index contributed by atoms with van der Waals surface area (Å²) in [5.41, 5.74) is -5.16. The van der Waals surface area contributed by atoms with Crippen LogP contribution in [-0.2, 0) is 19.3 Å². The van der Waals surface area contributed by atoms with Gasteiger partial charge in [0.1, 0.15) is 5.75 Å². The Balaban J connectivity index is 1.84. The smallest absolute Gasteiger partial charge is 0.417 e. The summed E-state index contributed by atoms with van der Waals surface area (Å²) in [6.45, 7) is -1.55. The molecule has 4 aromatic rings. The first-order chi connectivity index (χ1) is 18.4. The average molecular weight is 553 g/mol. The minimum atomic E-state index is -4.83. The highest BCUT2D eigenvalue weighted by atomic mass is 19.4. The van der Waals surface area contributed by atoms with Gasteiger partial charge in [-0.25, -0.2) is 27.3 Å². The Labute approximate surface area is 214 Å². The topological polar surface area (TPSA) is 111 Å². The van der Waals surface area contributed by atoms with Gasteiger partial charge in [0, 0.05) is 17.4 Å². The third kappa shape index (κ3) is 5.86. The molecule has 0 spiro atoms. The van der Waals surface area contributed by atoms with Gasteiger partial charge in [0.25, 0.3) is 5.56 Å². The normalized spacial score (nSPS) is 11.5. The Morgan fingerprint density at radius 3 is 2.18 bits per heavy atom. The molecule has 2 aromatic carbocycles. The van der Waals surface area contributed by atoms with Gasteiger partial charge >= 0.3 is 17.6 Å². The van der Waals surface area contributed by atoms with E-state index in [0.29, 0.717) is 40.4 Å². The maximum atomic E-state index is 13.8. The van der Waals surface area contributed by atoms with Gasteiger partial charge in [-0.15, -0.1) is 0 Å². The van der Waals surface area contributed by atoms with Gasteiger partial charge < -0.3 is 15.0 Å². The molecule has 0 bridgehead atoms. The number of nitrogens with zero attached hydrogens (tertiary/aromatic N) is 3. The number of ether oxygens (including phenoxy) is 1. The van der Waals surface area contributed by atoms with Gasteiger partial charge in [-0.2, -0.15) is 18.2 Å². The fourth-order valence-electron chi connectivity index (χ4n) is 3.57. The molecule has 0 saturated carbocycles. The van der Waals surface area contributed by atoms with Crippen molar-refractivity contribution in [3.63, 3.8) is 0 Å². The highest BCUT2D eigenvalue weighted by molar-refractivity contribution is 5.54. The number of methoxy groups -OCH3 is 1. The van der Waals surface area contributed by atoms with Gasteiger partial charge in [-0.1, -0.05) is 0 Å². The van der Waals surface area contributed by atoms with Crippen molar-refractivity contribution in [2.24, 2.45) is 0 Å². The zero-order valence-corrected chi connectivity index (χ0v) is 19.8. The maximum absolute atomic E-state index is 13.8. The molecule has 0 atom stereocenters. The highest BCUT2D eigenvalue weighted by Crippen LogP contribution is 2.28. The number of anilines is 2. The van der Waals surface area contributed by atoms with Crippen LogP contribution in [0.2, 0.25) is 0 Å². The summed E-state index contributed by atoms with van der Waals surface area (Å²) >= 11 is 0. The van der Waals surface area contributed by atoms with Crippen LogP contribution in [0.15, 0.2) is 63.0 Å². The second kappa shape index (κ2) is 10.5. The zero-order valence-electron chi connectivity index (χ0n) is 19.8. The molecular weight excluding hydrogens is 536 g/mol. The van der Waals surface area contributed by atoms with E-state index < -0.39 is 70.7 Å². The number of H-pyrrole nitrogens is 1. The lowest BCUT2D eigenvalue weighted by molar-refractivity contribution is -0.137. The van der Waals surface area contributed by atoms with Crippen molar-refractivity contribution in [1.82, 2.24) is 19.1 Å². The Kier molecular flexibility index (Phi) is 7.34. The Hall–Kier alpha value is -4.82. The Morgan fingerprint density at radius 2 is 1.59 bits per heavy atom. The van der Waals surface area contributed by atoms with E-state index in [9.17, 15) is 40.7 Å². The summed E-state index contributed by atoms with van der Waals surface area (Å²) in [6.07, 6.45) is -4.39. The molecule has 0 aliphatic carbocycles. The summed E-state index contributed by atoms with van der Waals surface area (Å²) in [5.74, 6) is -4.76. The van der Waals surface area contributed by atoms with Crippen molar-refractivity contribution in [3.05, 3.63) is 114 Å². The van der Waals surface area contributed by atoms with Crippen molar-refractivity contribution >= 4 is 11.6 Å². The number of hydrogen-bond acceptors (Lipinski definition) is 6. The lowest BCUT2D eigenvalue weighted by atomic mass is 10.2. The van der Waals surface area contributed by atoms with Gasteiger partial charge in [-0.3, -0.25) is 9.36 Å². The predicted octanol–water partition coefficient (Wildman–Crippen LogP) is 3.38. The number of nitrogens with one attached hydrogen (secondary N) is 2. The third-order valence-corrected chi connectivity index (χ3v) is 5.52. The second-order valence-corrected chi connectivity index (χ2v) is 8.14. The molecule has 2 aromatic heterocycles. The largest absolute Gasteiger partial charge is 0.497 e. The molecule has 0 amide bonds. The summed E-state index contributed by atoms with van der Waals surface area (Å²) in [7, 11) is 1.43. The van der Waals surface area contributed by atoms with E-state index in [0.717, 1.165) is 4.57 Å². The molecule has 15 heteroatoms. The molecule has 39 heavy (non-hydrogen) atoms. The Bertz CT molecular complexity index is 1690. The number of aromatic amines is 1. The fourth-order valence-corrected chi connectivity index (χ4v) is 3.57. The van der Waals surface area contributed by atoms with Crippen LogP contribution in [0.1, 0.15) is 16.7 Å². The highest BCUT2D eigenvalue weighted by Gasteiger charge is 2.31. The second-order valence-electron chi connectivity index (χ2n) is 8.14. The molecule has 204 valence electrons. The summed E-state index contributed by atoms with van der Waals surface area (Å²) in [5, 5.41) is 2.70. The van der Waals surface area contributed by atoms with E-state index in [-0.39, 0.29) is 5.56 Å². The summed E-state index contributed by atoms with van der Waals surface area (Å²) < 4.78 is 86.7. The molecule has 2 N–H and O–H groups in total. The van der Waals surface area contributed by atoms with E-state index in [2.05, 4.69) is 10.3 Å².